The summed E-state index contributed by atoms with van der Waals surface area (Å²) < 4.78 is 0. The number of nitrogens with zero attached hydrogens (tertiary/aromatic N) is 1. The summed E-state index contributed by atoms with van der Waals surface area (Å²) >= 11 is 0. The molecular formula is C16H18N2O2. The molecule has 0 aliphatic heterocycles. The molecule has 0 aliphatic rings. The predicted octanol–water partition coefficient (Wildman–Crippen LogP) is 3.00. The first kappa shape index (κ1) is 14.2. The Morgan fingerprint density at radius 2 is 1.90 bits per heavy atom. The number of rotatable bonds is 3. The number of hydrogen-bond acceptors (Lipinski definition) is 3. The van der Waals surface area contributed by atoms with Gasteiger partial charge in [-0.25, -0.2) is 0 Å². The molecular weight excluding hydrogens is 252 g/mol. The van der Waals surface area contributed by atoms with Crippen LogP contribution in [0.5, 0.6) is 0 Å². The van der Waals surface area contributed by atoms with Crippen molar-refractivity contribution in [3.63, 3.8) is 0 Å². The third kappa shape index (κ3) is 3.03. The maximum Gasteiger partial charge on any atom is 0.257 e. The number of amides is 1. The lowest BCUT2D eigenvalue weighted by atomic mass is 10.1. The summed E-state index contributed by atoms with van der Waals surface area (Å²) in [5.41, 5.74) is 3.42. The van der Waals surface area contributed by atoms with E-state index in [4.69, 9.17) is 0 Å². The van der Waals surface area contributed by atoms with Gasteiger partial charge < -0.3 is 10.4 Å². The Morgan fingerprint density at radius 1 is 1.20 bits per heavy atom. The molecule has 0 spiro atoms. The zero-order chi connectivity index (χ0) is 14.7. The second-order valence-corrected chi connectivity index (χ2v) is 4.80. The second-order valence-electron chi connectivity index (χ2n) is 4.80. The van der Waals surface area contributed by atoms with Crippen molar-refractivity contribution in [3.8, 4) is 0 Å². The summed E-state index contributed by atoms with van der Waals surface area (Å²) in [6.45, 7) is 5.36. The van der Waals surface area contributed by atoms with Crippen LogP contribution in [0.25, 0.3) is 0 Å². The fourth-order valence-electron chi connectivity index (χ4n) is 2.09. The van der Waals surface area contributed by atoms with Crippen molar-refractivity contribution < 1.29 is 9.90 Å². The first-order valence-electron chi connectivity index (χ1n) is 6.51. The number of carbonyl (C=O) groups excluding carboxylic acids is 1. The van der Waals surface area contributed by atoms with Crippen molar-refractivity contribution in [2.24, 2.45) is 0 Å². The van der Waals surface area contributed by atoms with Gasteiger partial charge in [0, 0.05) is 16.9 Å². The zero-order valence-corrected chi connectivity index (χ0v) is 11.8. The standard InChI is InChI=1S/C16H18N2O2/c1-10-8-9-13(11(2)17-10)16(20)18-15-7-5-4-6-14(15)12(3)19/h4-9,12,19H,1-3H3,(H,18,20). The predicted molar refractivity (Wildman–Crippen MR) is 78.7 cm³/mol. The quantitative estimate of drug-likeness (QED) is 0.901. The van der Waals surface area contributed by atoms with Crippen LogP contribution >= 0.6 is 0 Å². The van der Waals surface area contributed by atoms with E-state index in [-0.39, 0.29) is 5.91 Å². The molecule has 1 aromatic heterocycles. The van der Waals surface area contributed by atoms with Gasteiger partial charge in [0.05, 0.1) is 17.4 Å². The highest BCUT2D eigenvalue weighted by atomic mass is 16.3. The summed E-state index contributed by atoms with van der Waals surface area (Å²) in [4.78, 5) is 16.6. The van der Waals surface area contributed by atoms with Gasteiger partial charge in [-0.05, 0) is 39.0 Å². The lowest BCUT2D eigenvalue weighted by Crippen LogP contribution is -2.16. The minimum Gasteiger partial charge on any atom is -0.389 e. The number of anilines is 1. The lowest BCUT2D eigenvalue weighted by molar-refractivity contribution is 0.102. The van der Waals surface area contributed by atoms with Crippen LogP contribution in [0.4, 0.5) is 5.69 Å². The number of pyridine rings is 1. The number of hydrogen-bond donors (Lipinski definition) is 2. The Labute approximate surface area is 118 Å². The number of aromatic nitrogens is 1. The van der Waals surface area contributed by atoms with E-state index < -0.39 is 6.10 Å². The van der Waals surface area contributed by atoms with Crippen LogP contribution in [-0.4, -0.2) is 16.0 Å². The van der Waals surface area contributed by atoms with Crippen molar-refractivity contribution in [1.82, 2.24) is 4.98 Å². The topological polar surface area (TPSA) is 62.2 Å². The number of aryl methyl sites for hydroxylation is 2. The van der Waals surface area contributed by atoms with Gasteiger partial charge in [-0.15, -0.1) is 0 Å². The van der Waals surface area contributed by atoms with Crippen molar-refractivity contribution in [2.75, 3.05) is 5.32 Å². The Bertz CT molecular complexity index is 636. The molecule has 1 atom stereocenters. The van der Waals surface area contributed by atoms with Gasteiger partial charge in [0.1, 0.15) is 0 Å². The zero-order valence-electron chi connectivity index (χ0n) is 11.8. The first-order valence-corrected chi connectivity index (χ1v) is 6.51. The molecule has 0 radical (unpaired) electrons. The van der Waals surface area contributed by atoms with Gasteiger partial charge in [-0.1, -0.05) is 18.2 Å². The molecule has 0 saturated heterocycles. The highest BCUT2D eigenvalue weighted by molar-refractivity contribution is 6.05. The highest BCUT2D eigenvalue weighted by Gasteiger charge is 2.13. The van der Waals surface area contributed by atoms with Crippen LogP contribution in [0.1, 0.15) is 40.3 Å². The van der Waals surface area contributed by atoms with Crippen LogP contribution in [-0.2, 0) is 0 Å². The minimum atomic E-state index is -0.635. The highest BCUT2D eigenvalue weighted by Crippen LogP contribution is 2.23. The van der Waals surface area contributed by atoms with Crippen LogP contribution in [0.15, 0.2) is 36.4 Å². The molecule has 0 fully saturated rings. The number of benzene rings is 1. The maximum atomic E-state index is 12.3. The molecule has 20 heavy (non-hydrogen) atoms. The van der Waals surface area contributed by atoms with Crippen LogP contribution in [0.3, 0.4) is 0 Å². The average molecular weight is 270 g/mol. The van der Waals surface area contributed by atoms with Crippen LogP contribution in [0, 0.1) is 13.8 Å². The molecule has 2 aromatic rings. The van der Waals surface area contributed by atoms with Gasteiger partial charge >= 0.3 is 0 Å². The molecule has 4 nitrogen and oxygen atoms in total. The number of aliphatic hydroxyl groups is 1. The van der Waals surface area contributed by atoms with Gasteiger partial charge in [-0.3, -0.25) is 9.78 Å². The van der Waals surface area contributed by atoms with Gasteiger partial charge in [0.2, 0.25) is 0 Å². The summed E-state index contributed by atoms with van der Waals surface area (Å²) in [5.74, 6) is -0.219. The van der Waals surface area contributed by atoms with Gasteiger partial charge in [0.15, 0.2) is 0 Å². The Kier molecular flexibility index (Phi) is 4.15. The monoisotopic (exact) mass is 270 g/mol. The Hall–Kier alpha value is -2.20. The van der Waals surface area contributed by atoms with Crippen molar-refractivity contribution in [3.05, 3.63) is 58.9 Å². The van der Waals surface area contributed by atoms with E-state index >= 15 is 0 Å². The van der Waals surface area contributed by atoms with Gasteiger partial charge in [-0.2, -0.15) is 0 Å². The van der Waals surface area contributed by atoms with Crippen molar-refractivity contribution in [1.29, 1.82) is 0 Å². The maximum absolute atomic E-state index is 12.3. The molecule has 4 heteroatoms. The summed E-state index contributed by atoms with van der Waals surface area (Å²) in [6.07, 6.45) is -0.635. The van der Waals surface area contributed by atoms with Crippen LogP contribution in [0.2, 0.25) is 0 Å². The van der Waals surface area contributed by atoms with E-state index in [0.717, 1.165) is 5.69 Å². The summed E-state index contributed by atoms with van der Waals surface area (Å²) in [7, 11) is 0. The number of nitrogens with one attached hydrogen (secondary N) is 1. The third-order valence-corrected chi connectivity index (χ3v) is 3.13. The largest absolute Gasteiger partial charge is 0.389 e. The van der Waals surface area contributed by atoms with E-state index in [0.29, 0.717) is 22.5 Å². The average Bonchev–Trinajstić information content (AvgIpc) is 2.38. The van der Waals surface area contributed by atoms with Crippen molar-refractivity contribution >= 4 is 11.6 Å². The van der Waals surface area contributed by atoms with E-state index in [9.17, 15) is 9.90 Å². The normalized spacial score (nSPS) is 12.0. The molecule has 1 unspecified atom stereocenters. The summed E-state index contributed by atoms with van der Waals surface area (Å²) in [5, 5.41) is 12.5. The summed E-state index contributed by atoms with van der Waals surface area (Å²) in [6, 6.07) is 10.8. The Balaban J connectivity index is 2.28. The smallest absolute Gasteiger partial charge is 0.257 e. The van der Waals surface area contributed by atoms with E-state index in [1.807, 2.05) is 32.0 Å². The molecule has 104 valence electrons. The second kappa shape index (κ2) is 5.84. The van der Waals surface area contributed by atoms with E-state index in [1.54, 1.807) is 25.1 Å². The van der Waals surface area contributed by atoms with E-state index in [2.05, 4.69) is 10.3 Å². The van der Waals surface area contributed by atoms with Gasteiger partial charge in [0.25, 0.3) is 5.91 Å². The molecule has 1 amide bonds. The molecule has 0 bridgehead atoms. The lowest BCUT2D eigenvalue weighted by Gasteiger charge is -2.13. The molecule has 1 aromatic carbocycles. The fraction of sp³-hybridized carbons (Fsp3) is 0.250. The number of para-hydroxylation sites is 1. The Morgan fingerprint density at radius 3 is 2.55 bits per heavy atom. The number of carbonyl (C=O) groups is 1. The van der Waals surface area contributed by atoms with Crippen LogP contribution < -0.4 is 5.32 Å². The molecule has 2 N–H and O–H groups in total. The first-order chi connectivity index (χ1) is 9.49. The van der Waals surface area contributed by atoms with E-state index in [1.165, 1.54) is 0 Å². The molecule has 0 saturated carbocycles. The van der Waals surface area contributed by atoms with Crippen molar-refractivity contribution in [2.45, 2.75) is 26.9 Å². The third-order valence-electron chi connectivity index (χ3n) is 3.13. The molecule has 1 heterocycles. The SMILES string of the molecule is Cc1ccc(C(=O)Nc2ccccc2C(C)O)c(C)n1. The molecule has 2 rings (SSSR count). The molecule has 0 aliphatic carbocycles. The number of aliphatic hydroxyl groups excluding tert-OH is 1. The fourth-order valence-corrected chi connectivity index (χ4v) is 2.09. The minimum absolute atomic E-state index is 0.219.